The van der Waals surface area contributed by atoms with Crippen LogP contribution in [0.3, 0.4) is 0 Å². The molecule has 0 aliphatic rings. The summed E-state index contributed by atoms with van der Waals surface area (Å²) in [4.78, 5) is 4.66. The third-order valence-corrected chi connectivity index (χ3v) is 4.76. The first-order chi connectivity index (χ1) is 11.8. The lowest BCUT2D eigenvalue weighted by Gasteiger charge is -2.01. The van der Waals surface area contributed by atoms with Crippen molar-refractivity contribution in [2.45, 2.75) is 13.5 Å². The Hall–Kier alpha value is -2.79. The van der Waals surface area contributed by atoms with E-state index in [1.54, 1.807) is 17.5 Å². The molecule has 5 heteroatoms. The summed E-state index contributed by atoms with van der Waals surface area (Å²) in [5, 5.41) is 12.4. The van der Waals surface area contributed by atoms with Crippen molar-refractivity contribution in [2.75, 3.05) is 5.32 Å². The first-order valence-electron chi connectivity index (χ1n) is 7.76. The van der Waals surface area contributed by atoms with Gasteiger partial charge in [0.2, 0.25) is 0 Å². The number of thiazole rings is 1. The average molecular weight is 332 g/mol. The van der Waals surface area contributed by atoms with Crippen molar-refractivity contribution in [3.05, 3.63) is 72.1 Å². The van der Waals surface area contributed by atoms with Crippen LogP contribution in [-0.2, 0) is 6.54 Å². The van der Waals surface area contributed by atoms with E-state index in [2.05, 4.69) is 50.8 Å². The summed E-state index contributed by atoms with van der Waals surface area (Å²) < 4.78 is 1.16. The molecule has 4 nitrogen and oxygen atoms in total. The molecule has 0 aliphatic carbocycles. The molecular formula is C19H16N4S. The predicted octanol–water partition coefficient (Wildman–Crippen LogP) is 4.67. The standard InChI is InChI=1S/C19H16N4S/c1-13-9-16(12-21-23-13)15-7-8-17-18(10-15)24-19(22-17)20-11-14-5-3-2-4-6-14/h2-10,12H,11H2,1H3,(H,20,22). The van der Waals surface area contributed by atoms with Gasteiger partial charge in [0.15, 0.2) is 5.13 Å². The van der Waals surface area contributed by atoms with Crippen molar-refractivity contribution < 1.29 is 0 Å². The second kappa shape index (κ2) is 6.37. The lowest BCUT2D eigenvalue weighted by atomic mass is 10.1. The lowest BCUT2D eigenvalue weighted by molar-refractivity contribution is 0.983. The molecule has 0 amide bonds. The lowest BCUT2D eigenvalue weighted by Crippen LogP contribution is -1.97. The number of anilines is 1. The van der Waals surface area contributed by atoms with Gasteiger partial charge in [-0.25, -0.2) is 4.98 Å². The molecule has 0 aliphatic heterocycles. The molecule has 0 unspecified atom stereocenters. The van der Waals surface area contributed by atoms with Crippen LogP contribution in [0.15, 0.2) is 60.8 Å². The van der Waals surface area contributed by atoms with Gasteiger partial charge in [-0.05, 0) is 36.2 Å². The van der Waals surface area contributed by atoms with Gasteiger partial charge < -0.3 is 5.32 Å². The molecule has 0 spiro atoms. The minimum absolute atomic E-state index is 0.779. The highest BCUT2D eigenvalue weighted by Gasteiger charge is 2.06. The number of nitrogens with one attached hydrogen (secondary N) is 1. The van der Waals surface area contributed by atoms with E-state index in [0.29, 0.717) is 0 Å². The monoisotopic (exact) mass is 332 g/mol. The Bertz CT molecular complexity index is 979. The van der Waals surface area contributed by atoms with Gasteiger partial charge in [-0.15, -0.1) is 0 Å². The van der Waals surface area contributed by atoms with E-state index in [1.165, 1.54) is 5.56 Å². The van der Waals surface area contributed by atoms with E-state index >= 15 is 0 Å². The van der Waals surface area contributed by atoms with Crippen LogP contribution in [0.4, 0.5) is 5.13 Å². The van der Waals surface area contributed by atoms with Crippen LogP contribution in [0.1, 0.15) is 11.3 Å². The topological polar surface area (TPSA) is 50.7 Å². The van der Waals surface area contributed by atoms with Crippen LogP contribution < -0.4 is 5.32 Å². The fourth-order valence-corrected chi connectivity index (χ4v) is 3.49. The molecule has 118 valence electrons. The summed E-state index contributed by atoms with van der Waals surface area (Å²) in [6, 6.07) is 18.7. The van der Waals surface area contributed by atoms with Crippen molar-refractivity contribution in [2.24, 2.45) is 0 Å². The summed E-state index contributed by atoms with van der Waals surface area (Å²) in [5.74, 6) is 0. The van der Waals surface area contributed by atoms with Gasteiger partial charge in [-0.2, -0.15) is 10.2 Å². The SMILES string of the molecule is Cc1cc(-c2ccc3nc(NCc4ccccc4)sc3c2)cnn1. The molecule has 4 aromatic rings. The quantitative estimate of drug-likeness (QED) is 0.590. The van der Waals surface area contributed by atoms with E-state index in [4.69, 9.17) is 0 Å². The molecule has 24 heavy (non-hydrogen) atoms. The van der Waals surface area contributed by atoms with Gasteiger partial charge >= 0.3 is 0 Å². The molecule has 4 rings (SSSR count). The molecule has 0 saturated heterocycles. The minimum atomic E-state index is 0.779. The molecule has 2 aromatic carbocycles. The van der Waals surface area contributed by atoms with Gasteiger partial charge in [0.05, 0.1) is 22.1 Å². The average Bonchev–Trinajstić information content (AvgIpc) is 3.03. The smallest absolute Gasteiger partial charge is 0.184 e. The van der Waals surface area contributed by atoms with Gasteiger partial charge in [0, 0.05) is 12.1 Å². The van der Waals surface area contributed by atoms with Crippen molar-refractivity contribution in [1.82, 2.24) is 15.2 Å². The van der Waals surface area contributed by atoms with Crippen LogP contribution in [0.5, 0.6) is 0 Å². The third kappa shape index (κ3) is 3.12. The third-order valence-electron chi connectivity index (χ3n) is 3.79. The summed E-state index contributed by atoms with van der Waals surface area (Å²) >= 11 is 1.67. The Labute approximate surface area is 144 Å². The number of aromatic nitrogens is 3. The summed E-state index contributed by atoms with van der Waals surface area (Å²) in [6.07, 6.45) is 1.80. The van der Waals surface area contributed by atoms with Gasteiger partial charge in [0.25, 0.3) is 0 Å². The molecule has 0 bridgehead atoms. The Balaban J connectivity index is 1.59. The Morgan fingerprint density at radius 1 is 1.00 bits per heavy atom. The number of rotatable bonds is 4. The van der Waals surface area contributed by atoms with Crippen molar-refractivity contribution in [1.29, 1.82) is 0 Å². The van der Waals surface area contributed by atoms with Crippen molar-refractivity contribution in [3.8, 4) is 11.1 Å². The number of fused-ring (bicyclic) bond motifs is 1. The van der Waals surface area contributed by atoms with Crippen molar-refractivity contribution in [3.63, 3.8) is 0 Å². The van der Waals surface area contributed by atoms with E-state index < -0.39 is 0 Å². The van der Waals surface area contributed by atoms with E-state index in [1.807, 2.05) is 31.2 Å². The van der Waals surface area contributed by atoms with Gasteiger partial charge in [-0.3, -0.25) is 0 Å². The minimum Gasteiger partial charge on any atom is -0.357 e. The summed E-state index contributed by atoms with van der Waals surface area (Å²) in [5.41, 5.74) is 5.39. The maximum Gasteiger partial charge on any atom is 0.184 e. The number of nitrogens with zero attached hydrogens (tertiary/aromatic N) is 3. The molecule has 0 fully saturated rings. The Morgan fingerprint density at radius 3 is 2.71 bits per heavy atom. The highest BCUT2D eigenvalue weighted by atomic mass is 32.1. The Kier molecular flexibility index (Phi) is 3.92. The molecule has 1 N–H and O–H groups in total. The van der Waals surface area contributed by atoms with Crippen LogP contribution in [0.25, 0.3) is 21.3 Å². The summed E-state index contributed by atoms with van der Waals surface area (Å²) in [7, 11) is 0. The van der Waals surface area contributed by atoms with E-state index in [9.17, 15) is 0 Å². The molecule has 2 aromatic heterocycles. The second-order valence-corrected chi connectivity index (χ2v) is 6.66. The number of aryl methyl sites for hydroxylation is 1. The highest BCUT2D eigenvalue weighted by molar-refractivity contribution is 7.22. The number of benzene rings is 2. The first-order valence-corrected chi connectivity index (χ1v) is 8.58. The van der Waals surface area contributed by atoms with Crippen molar-refractivity contribution >= 4 is 26.7 Å². The van der Waals surface area contributed by atoms with E-state index in [0.717, 1.165) is 38.7 Å². The fourth-order valence-electron chi connectivity index (χ4n) is 2.58. The van der Waals surface area contributed by atoms with Crippen LogP contribution in [0, 0.1) is 6.92 Å². The second-order valence-electron chi connectivity index (χ2n) is 5.63. The van der Waals surface area contributed by atoms with Crippen LogP contribution >= 0.6 is 11.3 Å². The molecular weight excluding hydrogens is 316 g/mol. The number of hydrogen-bond donors (Lipinski definition) is 1. The zero-order valence-corrected chi connectivity index (χ0v) is 14.0. The zero-order valence-electron chi connectivity index (χ0n) is 13.2. The van der Waals surface area contributed by atoms with Gasteiger partial charge in [0.1, 0.15) is 0 Å². The predicted molar refractivity (Wildman–Crippen MR) is 99.2 cm³/mol. The Morgan fingerprint density at radius 2 is 1.88 bits per heavy atom. The molecule has 2 heterocycles. The largest absolute Gasteiger partial charge is 0.357 e. The number of hydrogen-bond acceptors (Lipinski definition) is 5. The zero-order chi connectivity index (χ0) is 16.4. The maximum absolute atomic E-state index is 4.66. The fraction of sp³-hybridized carbons (Fsp3) is 0.105. The van der Waals surface area contributed by atoms with Gasteiger partial charge in [-0.1, -0.05) is 47.7 Å². The molecule has 0 atom stereocenters. The first kappa shape index (κ1) is 14.8. The normalized spacial score (nSPS) is 10.9. The summed E-state index contributed by atoms with van der Waals surface area (Å²) in [6.45, 7) is 2.73. The molecule has 0 radical (unpaired) electrons. The maximum atomic E-state index is 4.66. The highest BCUT2D eigenvalue weighted by Crippen LogP contribution is 2.30. The van der Waals surface area contributed by atoms with E-state index in [-0.39, 0.29) is 0 Å². The molecule has 0 saturated carbocycles. The van der Waals surface area contributed by atoms with Crippen LogP contribution in [0.2, 0.25) is 0 Å². The van der Waals surface area contributed by atoms with Crippen LogP contribution in [-0.4, -0.2) is 15.2 Å².